The van der Waals surface area contributed by atoms with Gasteiger partial charge in [0.2, 0.25) is 0 Å². The summed E-state index contributed by atoms with van der Waals surface area (Å²) in [6.07, 6.45) is 0. The quantitative estimate of drug-likeness (QED) is 0.170. The summed E-state index contributed by atoms with van der Waals surface area (Å²) in [5, 5.41) is 11.2. The van der Waals surface area contributed by atoms with E-state index in [2.05, 4.69) is 133 Å². The molecule has 9 aromatic carbocycles. The van der Waals surface area contributed by atoms with E-state index in [-0.39, 0.29) is 0 Å². The molecule has 56 heavy (non-hydrogen) atoms. The van der Waals surface area contributed by atoms with Crippen LogP contribution in [0.1, 0.15) is 0 Å². The highest BCUT2D eigenvalue weighted by atomic mass is 16.3. The molecular weight excluding hydrogens is 687 g/mol. The molecule has 0 saturated heterocycles. The fourth-order valence-electron chi connectivity index (χ4n) is 8.37. The lowest BCUT2D eigenvalue weighted by Crippen LogP contribution is -2.00. The maximum absolute atomic E-state index is 6.76. The molecule has 0 atom stereocenters. The van der Waals surface area contributed by atoms with Crippen molar-refractivity contribution in [2.75, 3.05) is 0 Å². The zero-order chi connectivity index (χ0) is 36.7. The summed E-state index contributed by atoms with van der Waals surface area (Å²) < 4.78 is 13.1. The predicted octanol–water partition coefficient (Wildman–Crippen LogP) is 13.8. The summed E-state index contributed by atoms with van der Waals surface area (Å²) in [5.41, 5.74) is 8.11. The number of nitrogens with zero attached hydrogens (tertiary/aromatic N) is 3. The molecule has 0 aliphatic rings. The smallest absolute Gasteiger partial charge is 0.164 e. The van der Waals surface area contributed by atoms with Gasteiger partial charge in [-0.15, -0.1) is 0 Å². The van der Waals surface area contributed by atoms with Crippen LogP contribution in [0.2, 0.25) is 0 Å². The van der Waals surface area contributed by atoms with Gasteiger partial charge in [-0.3, -0.25) is 0 Å². The van der Waals surface area contributed by atoms with E-state index >= 15 is 0 Å². The fraction of sp³-hybridized carbons (Fsp3) is 0. The molecule has 0 amide bonds. The molecule has 3 aromatic heterocycles. The topological polar surface area (TPSA) is 65.0 Å². The molecule has 0 spiro atoms. The monoisotopic (exact) mass is 715 g/mol. The molecule has 5 nitrogen and oxygen atoms in total. The van der Waals surface area contributed by atoms with Gasteiger partial charge in [0.05, 0.1) is 0 Å². The number of aromatic nitrogens is 3. The SMILES string of the molecule is c1ccc(-c2nc(-c3ccc4ccc5ccccc5c4c3)nc(-c3cccc4oc5c(-c6ccc7oc8cc9ccccc9cc8c7c6)cccc5c34)n2)cc1. The van der Waals surface area contributed by atoms with Crippen LogP contribution in [-0.2, 0) is 0 Å². The first-order valence-electron chi connectivity index (χ1n) is 18.8. The van der Waals surface area contributed by atoms with Crippen LogP contribution in [0.3, 0.4) is 0 Å². The summed E-state index contributed by atoms with van der Waals surface area (Å²) in [7, 11) is 0. The standard InChI is InChI=1S/C51H29N3O2/c1-2-11-32(12-3-1)49-52-50(36-23-22-31-21-20-30-10-6-7-15-37(30)41(31)28-36)54-51(53-49)40-18-9-19-45-47(40)39-17-8-16-38(48(39)56-45)35-24-25-44-42(27-35)43-26-33-13-4-5-14-34(33)29-46(43)55-44/h1-29H. The molecule has 260 valence electrons. The van der Waals surface area contributed by atoms with Gasteiger partial charge >= 0.3 is 0 Å². The lowest BCUT2D eigenvalue weighted by Gasteiger charge is -2.10. The Hall–Kier alpha value is -7.63. The third kappa shape index (κ3) is 4.78. The minimum Gasteiger partial charge on any atom is -0.456 e. The van der Waals surface area contributed by atoms with Gasteiger partial charge in [0, 0.05) is 43.8 Å². The van der Waals surface area contributed by atoms with E-state index in [0.29, 0.717) is 17.5 Å². The molecule has 0 saturated carbocycles. The number of fused-ring (bicyclic) bond motifs is 10. The highest BCUT2D eigenvalue weighted by molar-refractivity contribution is 6.16. The predicted molar refractivity (Wildman–Crippen MR) is 229 cm³/mol. The van der Waals surface area contributed by atoms with E-state index in [1.165, 1.54) is 21.5 Å². The van der Waals surface area contributed by atoms with E-state index in [1.807, 2.05) is 42.5 Å². The largest absolute Gasteiger partial charge is 0.456 e. The lowest BCUT2D eigenvalue weighted by molar-refractivity contribution is 0.668. The lowest BCUT2D eigenvalue weighted by atomic mass is 9.98. The molecule has 0 bridgehead atoms. The fourth-order valence-corrected chi connectivity index (χ4v) is 8.37. The van der Waals surface area contributed by atoms with Crippen molar-refractivity contribution in [1.82, 2.24) is 15.0 Å². The Morgan fingerprint density at radius 3 is 1.80 bits per heavy atom. The van der Waals surface area contributed by atoms with Crippen molar-refractivity contribution in [3.8, 4) is 45.3 Å². The molecule has 0 aliphatic carbocycles. The Morgan fingerprint density at radius 2 is 0.929 bits per heavy atom. The van der Waals surface area contributed by atoms with Crippen molar-refractivity contribution < 1.29 is 8.83 Å². The molecule has 5 heteroatoms. The van der Waals surface area contributed by atoms with Gasteiger partial charge < -0.3 is 8.83 Å². The second kappa shape index (κ2) is 11.9. The summed E-state index contributed by atoms with van der Waals surface area (Å²) in [4.78, 5) is 15.4. The van der Waals surface area contributed by atoms with Crippen molar-refractivity contribution in [2.45, 2.75) is 0 Å². The Labute approximate surface area is 320 Å². The Balaban J connectivity index is 1.05. The van der Waals surface area contributed by atoms with Crippen LogP contribution in [-0.4, -0.2) is 15.0 Å². The third-order valence-electron chi connectivity index (χ3n) is 11.1. The van der Waals surface area contributed by atoms with Crippen molar-refractivity contribution in [3.63, 3.8) is 0 Å². The van der Waals surface area contributed by atoms with Gasteiger partial charge in [-0.25, -0.2) is 15.0 Å². The summed E-state index contributed by atoms with van der Waals surface area (Å²) in [6, 6.07) is 61.0. The van der Waals surface area contributed by atoms with Gasteiger partial charge in [-0.2, -0.15) is 0 Å². The van der Waals surface area contributed by atoms with Crippen LogP contribution in [0.5, 0.6) is 0 Å². The summed E-state index contributed by atoms with van der Waals surface area (Å²) in [6.45, 7) is 0. The number of hydrogen-bond acceptors (Lipinski definition) is 5. The average molecular weight is 716 g/mol. The van der Waals surface area contributed by atoms with E-state index in [9.17, 15) is 0 Å². The van der Waals surface area contributed by atoms with Crippen LogP contribution in [0, 0.1) is 0 Å². The zero-order valence-corrected chi connectivity index (χ0v) is 29.9. The molecule has 0 radical (unpaired) electrons. The summed E-state index contributed by atoms with van der Waals surface area (Å²) >= 11 is 0. The molecule has 12 rings (SSSR count). The van der Waals surface area contributed by atoms with Gasteiger partial charge in [-0.1, -0.05) is 140 Å². The van der Waals surface area contributed by atoms with E-state index in [1.54, 1.807) is 0 Å². The summed E-state index contributed by atoms with van der Waals surface area (Å²) in [5.74, 6) is 1.81. The van der Waals surface area contributed by atoms with E-state index < -0.39 is 0 Å². The molecule has 0 N–H and O–H groups in total. The van der Waals surface area contributed by atoms with E-state index in [0.717, 1.165) is 82.5 Å². The first-order valence-corrected chi connectivity index (χ1v) is 18.8. The van der Waals surface area contributed by atoms with Gasteiger partial charge in [0.1, 0.15) is 22.3 Å². The Kier molecular flexibility index (Phi) is 6.56. The second-order valence-electron chi connectivity index (χ2n) is 14.4. The normalized spacial score (nSPS) is 11.9. The van der Waals surface area contributed by atoms with Crippen LogP contribution >= 0.6 is 0 Å². The molecular formula is C51H29N3O2. The average Bonchev–Trinajstić information content (AvgIpc) is 3.83. The zero-order valence-electron chi connectivity index (χ0n) is 29.9. The number of furan rings is 2. The number of hydrogen-bond donors (Lipinski definition) is 0. The maximum atomic E-state index is 6.76. The van der Waals surface area contributed by atoms with Crippen LogP contribution in [0.4, 0.5) is 0 Å². The van der Waals surface area contributed by atoms with Crippen molar-refractivity contribution in [2.24, 2.45) is 0 Å². The number of benzene rings is 9. The van der Waals surface area contributed by atoms with Gasteiger partial charge in [0.15, 0.2) is 17.5 Å². The molecule has 3 heterocycles. The van der Waals surface area contributed by atoms with Crippen LogP contribution in [0.15, 0.2) is 185 Å². The van der Waals surface area contributed by atoms with Crippen molar-refractivity contribution in [1.29, 1.82) is 0 Å². The Bertz CT molecular complexity index is 3550. The second-order valence-corrected chi connectivity index (χ2v) is 14.4. The number of rotatable bonds is 4. The van der Waals surface area contributed by atoms with Crippen molar-refractivity contribution >= 4 is 76.2 Å². The highest BCUT2D eigenvalue weighted by Crippen LogP contribution is 2.42. The van der Waals surface area contributed by atoms with Crippen molar-refractivity contribution in [3.05, 3.63) is 176 Å². The van der Waals surface area contributed by atoms with Gasteiger partial charge in [0.25, 0.3) is 0 Å². The number of para-hydroxylation sites is 1. The minimum absolute atomic E-state index is 0.587. The first-order chi connectivity index (χ1) is 27.7. The Morgan fingerprint density at radius 1 is 0.304 bits per heavy atom. The molecule has 0 unspecified atom stereocenters. The first kappa shape index (κ1) is 30.8. The minimum atomic E-state index is 0.587. The van der Waals surface area contributed by atoms with Crippen LogP contribution in [0.25, 0.3) is 121 Å². The molecule has 0 fully saturated rings. The van der Waals surface area contributed by atoms with Crippen LogP contribution < -0.4 is 0 Å². The maximum Gasteiger partial charge on any atom is 0.164 e. The third-order valence-corrected chi connectivity index (χ3v) is 11.1. The highest BCUT2D eigenvalue weighted by Gasteiger charge is 2.20. The molecule has 12 aromatic rings. The van der Waals surface area contributed by atoms with Gasteiger partial charge in [-0.05, 0) is 74.3 Å². The molecule has 0 aliphatic heterocycles. The van der Waals surface area contributed by atoms with E-state index in [4.69, 9.17) is 23.8 Å².